The lowest BCUT2D eigenvalue weighted by Gasteiger charge is -2.15. The molecule has 0 fully saturated rings. The molecular weight excluding hydrogens is 288 g/mol. The van der Waals surface area contributed by atoms with Gasteiger partial charge in [-0.25, -0.2) is 8.78 Å². The first kappa shape index (κ1) is 15.7. The molecule has 0 radical (unpaired) electrons. The molecule has 0 heterocycles. The first-order valence-corrected chi connectivity index (χ1v) is 5.07. The smallest absolute Gasteiger partial charge is 0.324 e. The zero-order chi connectivity index (χ0) is 15.5. The molecule has 1 aromatic rings. The van der Waals surface area contributed by atoms with Gasteiger partial charge in [0.2, 0.25) is 5.75 Å². The van der Waals surface area contributed by atoms with E-state index in [1.165, 1.54) is 5.32 Å². The third-order valence-electron chi connectivity index (χ3n) is 2.26. The van der Waals surface area contributed by atoms with Gasteiger partial charge in [0.25, 0.3) is 5.91 Å². The van der Waals surface area contributed by atoms with Crippen LogP contribution in [0.1, 0.15) is 10.4 Å². The molecule has 0 aliphatic heterocycles. The minimum atomic E-state index is -4.44. The molecule has 20 heavy (non-hydrogen) atoms. The fraction of sp³-hybridized carbons (Fsp3) is 0.300. The number of para-hydroxylation sites is 1. The van der Waals surface area contributed by atoms with Crippen molar-refractivity contribution in [1.82, 2.24) is 5.32 Å². The zero-order valence-electron chi connectivity index (χ0n) is 9.65. The monoisotopic (exact) mass is 296 g/mol. The number of carbonyl (C=O) groups is 1. The van der Waals surface area contributed by atoms with Crippen molar-refractivity contribution in [3.8, 4) is 5.75 Å². The molecule has 0 aliphatic carbocycles. The van der Waals surface area contributed by atoms with E-state index in [0.29, 0.717) is 0 Å². The van der Waals surface area contributed by atoms with Crippen LogP contribution in [0.2, 0.25) is 0 Å². The quantitative estimate of drug-likeness (QED) is 0.493. The van der Waals surface area contributed by atoms with Crippen molar-refractivity contribution < 1.29 is 32.4 Å². The largest absolute Gasteiger partial charge is 0.502 e. The van der Waals surface area contributed by atoms with Crippen LogP contribution in [0.4, 0.5) is 23.2 Å². The Kier molecular flexibility index (Phi) is 4.48. The van der Waals surface area contributed by atoms with Crippen molar-refractivity contribution >= 4 is 11.6 Å². The van der Waals surface area contributed by atoms with Gasteiger partial charge in [0, 0.05) is 6.07 Å². The lowest BCUT2D eigenvalue weighted by Crippen LogP contribution is -2.41. The Morgan fingerprint density at radius 2 is 2.05 bits per heavy atom. The maximum atomic E-state index is 12.6. The molecule has 0 bridgehead atoms. The number of aromatic hydroxyl groups is 1. The van der Waals surface area contributed by atoms with Gasteiger partial charge >= 0.3 is 18.0 Å². The Labute approximate surface area is 109 Å². The Balaban J connectivity index is 2.89. The maximum Gasteiger partial charge on any atom is 0.324 e. The van der Waals surface area contributed by atoms with E-state index in [9.17, 15) is 37.6 Å². The molecule has 0 aliphatic rings. The lowest BCUT2D eigenvalue weighted by molar-refractivity contribution is -0.385. The number of nitro benzene ring substituents is 1. The van der Waals surface area contributed by atoms with Crippen molar-refractivity contribution in [2.45, 2.75) is 12.3 Å². The van der Waals surface area contributed by atoms with Gasteiger partial charge in [0.05, 0.1) is 17.0 Å². The number of hydrogen-bond donors (Lipinski definition) is 2. The molecule has 110 valence electrons. The summed E-state index contributed by atoms with van der Waals surface area (Å²) in [6.45, 7) is -1.66. The molecule has 2 N–H and O–H groups in total. The van der Waals surface area contributed by atoms with Crippen molar-refractivity contribution in [2.75, 3.05) is 6.54 Å². The highest BCUT2D eigenvalue weighted by Crippen LogP contribution is 2.29. The van der Waals surface area contributed by atoms with E-state index in [4.69, 9.17) is 0 Å². The topological polar surface area (TPSA) is 92.5 Å². The summed E-state index contributed by atoms with van der Waals surface area (Å²) < 4.78 is 48.9. The molecular formula is C10H8F4N2O4. The van der Waals surface area contributed by atoms with Crippen LogP contribution in [0.3, 0.4) is 0 Å². The lowest BCUT2D eigenvalue weighted by atomic mass is 10.1. The number of phenolic OH excluding ortho intramolecular Hbond substituents is 1. The molecule has 0 aromatic heterocycles. The number of amides is 1. The first-order chi connectivity index (χ1) is 9.16. The molecule has 0 saturated heterocycles. The number of nitrogens with one attached hydrogen (secondary N) is 1. The highest BCUT2D eigenvalue weighted by Gasteiger charge is 2.41. The molecule has 0 unspecified atom stereocenters. The summed E-state index contributed by atoms with van der Waals surface area (Å²) in [5.74, 6) is -6.80. The average Bonchev–Trinajstić information content (AvgIpc) is 2.35. The average molecular weight is 296 g/mol. The van der Waals surface area contributed by atoms with Crippen molar-refractivity contribution in [2.24, 2.45) is 0 Å². The molecule has 6 nitrogen and oxygen atoms in total. The second-order valence-corrected chi connectivity index (χ2v) is 3.67. The molecule has 0 spiro atoms. The molecule has 10 heteroatoms. The molecule has 1 amide bonds. The van der Waals surface area contributed by atoms with Crippen LogP contribution in [-0.4, -0.2) is 34.8 Å². The van der Waals surface area contributed by atoms with Gasteiger partial charge in [0.1, 0.15) is 0 Å². The zero-order valence-corrected chi connectivity index (χ0v) is 9.65. The summed E-state index contributed by atoms with van der Waals surface area (Å²) in [6, 6.07) is 2.86. The normalized spacial score (nSPS) is 11.4. The standard InChI is InChI=1S/C10H8F4N2O4/c11-9(12)10(13,14)4-15-8(18)5-2-1-3-6(7(5)17)16(19)20/h1-3,9,17H,4H2,(H,15,18). The first-order valence-electron chi connectivity index (χ1n) is 5.07. The predicted molar refractivity (Wildman–Crippen MR) is 58.0 cm³/mol. The van der Waals surface area contributed by atoms with Crippen LogP contribution in [0.15, 0.2) is 18.2 Å². The van der Waals surface area contributed by atoms with Gasteiger partial charge in [-0.15, -0.1) is 0 Å². The minimum absolute atomic E-state index is 0.663. The number of phenols is 1. The molecule has 0 atom stereocenters. The van der Waals surface area contributed by atoms with Gasteiger partial charge in [-0.3, -0.25) is 14.9 Å². The number of hydrogen-bond acceptors (Lipinski definition) is 4. The fourth-order valence-corrected chi connectivity index (χ4v) is 1.23. The van der Waals surface area contributed by atoms with Crippen molar-refractivity contribution in [1.29, 1.82) is 0 Å². The third kappa shape index (κ3) is 3.33. The Morgan fingerprint density at radius 3 is 2.55 bits per heavy atom. The van der Waals surface area contributed by atoms with E-state index in [1.807, 2.05) is 0 Å². The highest BCUT2D eigenvalue weighted by atomic mass is 19.3. The van der Waals surface area contributed by atoms with E-state index in [0.717, 1.165) is 18.2 Å². The molecule has 1 rings (SSSR count). The van der Waals surface area contributed by atoms with Gasteiger partial charge in [-0.05, 0) is 6.07 Å². The van der Waals surface area contributed by atoms with Gasteiger partial charge < -0.3 is 10.4 Å². The van der Waals surface area contributed by atoms with Crippen LogP contribution < -0.4 is 5.32 Å². The van der Waals surface area contributed by atoms with E-state index in [1.54, 1.807) is 0 Å². The van der Waals surface area contributed by atoms with E-state index >= 15 is 0 Å². The summed E-state index contributed by atoms with van der Waals surface area (Å²) in [5.41, 5.74) is -1.47. The second-order valence-electron chi connectivity index (χ2n) is 3.67. The Hall–Kier alpha value is -2.39. The SMILES string of the molecule is O=C(NCC(F)(F)C(F)F)c1cccc([N+](=O)[O-])c1O. The van der Waals surface area contributed by atoms with Gasteiger partial charge in [-0.2, -0.15) is 8.78 Å². The summed E-state index contributed by atoms with van der Waals surface area (Å²) in [7, 11) is 0. The minimum Gasteiger partial charge on any atom is -0.502 e. The van der Waals surface area contributed by atoms with Crippen LogP contribution >= 0.6 is 0 Å². The highest BCUT2D eigenvalue weighted by molar-refractivity contribution is 5.98. The number of rotatable bonds is 5. The molecule has 1 aromatic carbocycles. The van der Waals surface area contributed by atoms with Gasteiger partial charge in [0.15, 0.2) is 0 Å². The van der Waals surface area contributed by atoms with E-state index < -0.39 is 46.7 Å². The Bertz CT molecular complexity index is 536. The second kappa shape index (κ2) is 5.72. The number of halogens is 4. The van der Waals surface area contributed by atoms with Crippen molar-refractivity contribution in [3.63, 3.8) is 0 Å². The summed E-state index contributed by atoms with van der Waals surface area (Å²) in [5, 5.41) is 21.4. The van der Waals surface area contributed by atoms with Gasteiger partial charge in [-0.1, -0.05) is 6.07 Å². The van der Waals surface area contributed by atoms with Crippen LogP contribution in [0.25, 0.3) is 0 Å². The molecule has 0 saturated carbocycles. The summed E-state index contributed by atoms with van der Waals surface area (Å²) in [6.07, 6.45) is -3.97. The number of nitrogens with zero attached hydrogens (tertiary/aromatic N) is 1. The van der Waals surface area contributed by atoms with E-state index in [2.05, 4.69) is 0 Å². The van der Waals surface area contributed by atoms with Crippen molar-refractivity contribution in [3.05, 3.63) is 33.9 Å². The predicted octanol–water partition coefficient (Wildman–Crippen LogP) is 1.93. The number of benzene rings is 1. The number of nitro groups is 1. The van der Waals surface area contributed by atoms with Crippen LogP contribution in [0, 0.1) is 10.1 Å². The fourth-order valence-electron chi connectivity index (χ4n) is 1.23. The maximum absolute atomic E-state index is 12.6. The summed E-state index contributed by atoms with van der Waals surface area (Å²) >= 11 is 0. The van der Waals surface area contributed by atoms with E-state index in [-0.39, 0.29) is 0 Å². The number of carbonyl (C=O) groups excluding carboxylic acids is 1. The van der Waals surface area contributed by atoms with Crippen LogP contribution in [-0.2, 0) is 0 Å². The Morgan fingerprint density at radius 1 is 1.45 bits per heavy atom. The number of alkyl halides is 4. The summed E-state index contributed by atoms with van der Waals surface area (Å²) in [4.78, 5) is 20.9. The van der Waals surface area contributed by atoms with Crippen LogP contribution in [0.5, 0.6) is 5.75 Å². The third-order valence-corrected chi connectivity index (χ3v) is 2.26.